The first-order chi connectivity index (χ1) is 7.72. The molecule has 1 rings (SSSR count). The van der Waals surface area contributed by atoms with Crippen molar-refractivity contribution in [2.45, 2.75) is 6.42 Å². The Morgan fingerprint density at radius 3 is 2.69 bits per heavy atom. The number of aromatic nitrogens is 3. The second-order valence-corrected chi connectivity index (χ2v) is 2.95. The Morgan fingerprint density at radius 1 is 1.38 bits per heavy atom. The third kappa shape index (κ3) is 4.51. The van der Waals surface area contributed by atoms with Gasteiger partial charge in [0, 0.05) is 6.54 Å². The summed E-state index contributed by atoms with van der Waals surface area (Å²) in [5, 5.41) is 13.9. The summed E-state index contributed by atoms with van der Waals surface area (Å²) >= 11 is 0. The molecule has 1 aromatic rings. The van der Waals surface area contributed by atoms with Crippen LogP contribution >= 0.6 is 0 Å². The van der Waals surface area contributed by atoms with Gasteiger partial charge in [-0.3, -0.25) is 4.79 Å². The van der Waals surface area contributed by atoms with E-state index in [4.69, 9.17) is 10.8 Å². The lowest BCUT2D eigenvalue weighted by molar-refractivity contribution is -0.134. The Kier molecular flexibility index (Phi) is 4.93. The number of carboxylic acids is 1. The van der Waals surface area contributed by atoms with Gasteiger partial charge in [-0.05, 0) is 13.0 Å². The fourth-order valence-electron chi connectivity index (χ4n) is 0.924. The van der Waals surface area contributed by atoms with Crippen molar-refractivity contribution in [2.75, 3.05) is 30.3 Å². The highest BCUT2D eigenvalue weighted by Crippen LogP contribution is 2.00. The predicted octanol–water partition coefficient (Wildman–Crippen LogP) is -0.871. The molecule has 8 nitrogen and oxygen atoms in total. The first kappa shape index (κ1) is 12.1. The van der Waals surface area contributed by atoms with Crippen molar-refractivity contribution in [3.63, 3.8) is 0 Å². The molecule has 16 heavy (non-hydrogen) atoms. The van der Waals surface area contributed by atoms with Crippen LogP contribution in [0, 0.1) is 0 Å². The van der Waals surface area contributed by atoms with Crippen LogP contribution in [-0.2, 0) is 4.79 Å². The maximum Gasteiger partial charge on any atom is 0.322 e. The predicted molar refractivity (Wildman–Crippen MR) is 58.1 cm³/mol. The summed E-state index contributed by atoms with van der Waals surface area (Å²) in [7, 11) is 0. The van der Waals surface area contributed by atoms with Crippen molar-refractivity contribution in [3.05, 3.63) is 6.33 Å². The van der Waals surface area contributed by atoms with Gasteiger partial charge >= 0.3 is 5.97 Å². The van der Waals surface area contributed by atoms with Crippen molar-refractivity contribution in [3.8, 4) is 0 Å². The molecular formula is C8H14N6O2. The largest absolute Gasteiger partial charge is 0.480 e. The molecule has 0 saturated carbocycles. The standard InChI is InChI=1S/C8H14N6O2/c9-2-1-3-10-7-12-5-13-8(14-7)11-4-6(15)16/h5H,1-4,9H2,(H,15,16)(H2,10,11,12,13,14). The number of nitrogens with one attached hydrogen (secondary N) is 2. The number of hydrogen-bond acceptors (Lipinski definition) is 7. The number of nitrogens with two attached hydrogens (primary N) is 1. The van der Waals surface area contributed by atoms with E-state index in [1.54, 1.807) is 0 Å². The molecule has 0 aliphatic rings. The van der Waals surface area contributed by atoms with E-state index in [1.807, 2.05) is 0 Å². The van der Waals surface area contributed by atoms with Crippen molar-refractivity contribution < 1.29 is 9.90 Å². The minimum Gasteiger partial charge on any atom is -0.480 e. The zero-order valence-corrected chi connectivity index (χ0v) is 8.68. The minimum atomic E-state index is -0.974. The van der Waals surface area contributed by atoms with Gasteiger partial charge < -0.3 is 21.5 Å². The molecule has 0 radical (unpaired) electrons. The lowest BCUT2D eigenvalue weighted by Gasteiger charge is -2.05. The van der Waals surface area contributed by atoms with E-state index < -0.39 is 5.97 Å². The average molecular weight is 226 g/mol. The van der Waals surface area contributed by atoms with Crippen LogP contribution in [0.2, 0.25) is 0 Å². The highest BCUT2D eigenvalue weighted by molar-refractivity contribution is 5.71. The van der Waals surface area contributed by atoms with Gasteiger partial charge in [-0.1, -0.05) is 0 Å². The number of hydrogen-bond donors (Lipinski definition) is 4. The third-order valence-corrected chi connectivity index (χ3v) is 1.63. The van der Waals surface area contributed by atoms with Crippen molar-refractivity contribution in [1.29, 1.82) is 0 Å². The Hall–Kier alpha value is -1.96. The van der Waals surface area contributed by atoms with Crippen molar-refractivity contribution in [1.82, 2.24) is 15.0 Å². The van der Waals surface area contributed by atoms with E-state index in [0.717, 1.165) is 6.42 Å². The van der Waals surface area contributed by atoms with Crippen LogP contribution in [0.15, 0.2) is 6.33 Å². The van der Waals surface area contributed by atoms with Gasteiger partial charge in [0.1, 0.15) is 12.9 Å². The Balaban J connectivity index is 2.46. The van der Waals surface area contributed by atoms with Crippen LogP contribution in [0.25, 0.3) is 0 Å². The summed E-state index contributed by atoms with van der Waals surface area (Å²) in [5.74, 6) is -0.345. The number of aliphatic carboxylic acids is 1. The Bertz CT molecular complexity index is 345. The summed E-state index contributed by atoms with van der Waals surface area (Å²) in [6.45, 7) is 1.02. The van der Waals surface area contributed by atoms with Gasteiger partial charge in [-0.2, -0.15) is 4.98 Å². The molecule has 88 valence electrons. The van der Waals surface area contributed by atoms with E-state index in [0.29, 0.717) is 19.0 Å². The van der Waals surface area contributed by atoms with Crippen LogP contribution in [-0.4, -0.2) is 45.7 Å². The van der Waals surface area contributed by atoms with Crippen molar-refractivity contribution in [2.24, 2.45) is 5.73 Å². The van der Waals surface area contributed by atoms with Gasteiger partial charge in [0.05, 0.1) is 0 Å². The quantitative estimate of drug-likeness (QED) is 0.442. The topological polar surface area (TPSA) is 126 Å². The first-order valence-electron chi connectivity index (χ1n) is 4.81. The summed E-state index contributed by atoms with van der Waals surface area (Å²) in [6, 6.07) is 0. The fraction of sp³-hybridized carbons (Fsp3) is 0.500. The molecule has 0 atom stereocenters. The monoisotopic (exact) mass is 226 g/mol. The Labute approximate surface area is 92.3 Å². The molecule has 0 amide bonds. The molecule has 0 spiro atoms. The lowest BCUT2D eigenvalue weighted by Crippen LogP contribution is -2.16. The van der Waals surface area contributed by atoms with Gasteiger partial charge in [-0.15, -0.1) is 0 Å². The maximum absolute atomic E-state index is 10.3. The molecule has 1 aromatic heterocycles. The molecule has 0 aromatic carbocycles. The van der Waals surface area contributed by atoms with E-state index in [-0.39, 0.29) is 12.5 Å². The number of carbonyl (C=O) groups is 1. The zero-order chi connectivity index (χ0) is 11.8. The molecule has 0 unspecified atom stereocenters. The number of nitrogens with zero attached hydrogens (tertiary/aromatic N) is 3. The summed E-state index contributed by atoms with van der Waals surface area (Å²) in [5.41, 5.74) is 5.33. The highest BCUT2D eigenvalue weighted by Gasteiger charge is 2.01. The van der Waals surface area contributed by atoms with Gasteiger partial charge in [0.2, 0.25) is 11.9 Å². The molecule has 0 bridgehead atoms. The van der Waals surface area contributed by atoms with Crippen molar-refractivity contribution >= 4 is 17.9 Å². The molecular weight excluding hydrogens is 212 g/mol. The Morgan fingerprint density at radius 2 is 2.06 bits per heavy atom. The molecule has 0 saturated heterocycles. The molecule has 0 aliphatic heterocycles. The molecule has 0 fully saturated rings. The molecule has 8 heteroatoms. The second kappa shape index (κ2) is 6.51. The highest BCUT2D eigenvalue weighted by atomic mass is 16.4. The lowest BCUT2D eigenvalue weighted by atomic mass is 10.4. The maximum atomic E-state index is 10.3. The van der Waals surface area contributed by atoms with E-state index >= 15 is 0 Å². The van der Waals surface area contributed by atoms with Crippen LogP contribution in [0.5, 0.6) is 0 Å². The molecule has 1 heterocycles. The number of carboxylic acid groups (broad SMARTS) is 1. The number of rotatable bonds is 7. The third-order valence-electron chi connectivity index (χ3n) is 1.63. The summed E-state index contributed by atoms with van der Waals surface area (Å²) in [6.07, 6.45) is 2.12. The van der Waals surface area contributed by atoms with E-state index in [1.165, 1.54) is 6.33 Å². The van der Waals surface area contributed by atoms with Crippen LogP contribution in [0.1, 0.15) is 6.42 Å². The average Bonchev–Trinajstić information content (AvgIpc) is 2.27. The van der Waals surface area contributed by atoms with Gasteiger partial charge in [0.25, 0.3) is 0 Å². The van der Waals surface area contributed by atoms with Crippen LogP contribution in [0.3, 0.4) is 0 Å². The minimum absolute atomic E-state index is 0.229. The second-order valence-electron chi connectivity index (χ2n) is 2.95. The first-order valence-corrected chi connectivity index (χ1v) is 4.81. The molecule has 5 N–H and O–H groups in total. The van der Waals surface area contributed by atoms with Crippen LogP contribution in [0.4, 0.5) is 11.9 Å². The van der Waals surface area contributed by atoms with Gasteiger partial charge in [0.15, 0.2) is 0 Å². The zero-order valence-electron chi connectivity index (χ0n) is 8.68. The smallest absolute Gasteiger partial charge is 0.322 e. The normalized spacial score (nSPS) is 9.81. The summed E-state index contributed by atoms with van der Waals surface area (Å²) in [4.78, 5) is 21.9. The summed E-state index contributed by atoms with van der Waals surface area (Å²) < 4.78 is 0. The fourth-order valence-corrected chi connectivity index (χ4v) is 0.924. The van der Waals surface area contributed by atoms with Gasteiger partial charge in [-0.25, -0.2) is 9.97 Å². The SMILES string of the molecule is NCCCNc1ncnc(NCC(=O)O)n1. The van der Waals surface area contributed by atoms with Crippen LogP contribution < -0.4 is 16.4 Å². The molecule has 0 aliphatic carbocycles. The van der Waals surface area contributed by atoms with E-state index in [9.17, 15) is 4.79 Å². The number of anilines is 2. The van der Waals surface area contributed by atoms with E-state index in [2.05, 4.69) is 25.6 Å².